The molecule has 1 aromatic rings. The molecule has 1 aliphatic heterocycles. The normalized spacial score (nSPS) is 18.9. The summed E-state index contributed by atoms with van der Waals surface area (Å²) >= 11 is 5.62. The minimum atomic E-state index is -1.07. The minimum Gasteiger partial charge on any atom is -0.481 e. The fourth-order valence-corrected chi connectivity index (χ4v) is 1.83. The van der Waals surface area contributed by atoms with Gasteiger partial charge in [0.05, 0.1) is 11.4 Å². The second kappa shape index (κ2) is 4.79. The Kier molecular flexibility index (Phi) is 3.35. The summed E-state index contributed by atoms with van der Waals surface area (Å²) in [5, 5.41) is 8.59. The number of hydrogen-bond donors (Lipinski definition) is 3. The van der Waals surface area contributed by atoms with Gasteiger partial charge in [0.1, 0.15) is 12.0 Å². The fourth-order valence-electron chi connectivity index (χ4n) is 1.65. The molecule has 1 atom stereocenters. The standard InChI is InChI=1S/C10H9ClFN3O3/c11-6-3-5(1-2-7(6)12)15-8(4-9(16)17)13-14-10(15)18/h1-3,8,13H,4H2,(H,14,18)(H,16,17). The summed E-state index contributed by atoms with van der Waals surface area (Å²) in [6.45, 7) is 0. The molecule has 1 fully saturated rings. The number of amides is 2. The molecule has 96 valence electrons. The summed E-state index contributed by atoms with van der Waals surface area (Å²) in [5.74, 6) is -1.68. The molecule has 1 saturated heterocycles. The lowest BCUT2D eigenvalue weighted by Gasteiger charge is -2.21. The van der Waals surface area contributed by atoms with Crippen LogP contribution in [0.1, 0.15) is 6.42 Å². The van der Waals surface area contributed by atoms with Crippen molar-refractivity contribution in [2.45, 2.75) is 12.6 Å². The van der Waals surface area contributed by atoms with Crippen molar-refractivity contribution in [2.24, 2.45) is 0 Å². The number of urea groups is 1. The van der Waals surface area contributed by atoms with E-state index in [2.05, 4.69) is 10.9 Å². The number of carboxylic acids is 1. The predicted molar refractivity (Wildman–Crippen MR) is 61.6 cm³/mol. The highest BCUT2D eigenvalue weighted by atomic mass is 35.5. The molecule has 1 unspecified atom stereocenters. The topological polar surface area (TPSA) is 81.7 Å². The van der Waals surface area contributed by atoms with E-state index >= 15 is 0 Å². The molecule has 1 aromatic carbocycles. The fraction of sp³-hybridized carbons (Fsp3) is 0.200. The average molecular weight is 274 g/mol. The maximum absolute atomic E-state index is 13.0. The molecule has 0 aromatic heterocycles. The summed E-state index contributed by atoms with van der Waals surface area (Å²) in [5.41, 5.74) is 5.14. The Balaban J connectivity index is 2.30. The lowest BCUT2D eigenvalue weighted by Crippen LogP contribution is -2.39. The molecule has 6 nitrogen and oxygen atoms in total. The first-order chi connectivity index (χ1) is 8.49. The van der Waals surface area contributed by atoms with Crippen LogP contribution in [0, 0.1) is 5.82 Å². The van der Waals surface area contributed by atoms with Gasteiger partial charge >= 0.3 is 12.0 Å². The van der Waals surface area contributed by atoms with Crippen LogP contribution in [0.3, 0.4) is 0 Å². The molecule has 2 amide bonds. The first kappa shape index (κ1) is 12.6. The van der Waals surface area contributed by atoms with Crippen LogP contribution < -0.4 is 15.8 Å². The second-order valence-corrected chi connectivity index (χ2v) is 4.06. The number of rotatable bonds is 3. The SMILES string of the molecule is O=C(O)CC1NNC(=O)N1c1ccc(F)c(Cl)c1. The molecular formula is C10H9ClFN3O3. The first-order valence-corrected chi connectivity index (χ1v) is 5.38. The van der Waals surface area contributed by atoms with Crippen molar-refractivity contribution in [3.05, 3.63) is 29.0 Å². The maximum atomic E-state index is 13.0. The molecule has 0 spiro atoms. The summed E-state index contributed by atoms with van der Waals surface area (Å²) < 4.78 is 13.0. The van der Waals surface area contributed by atoms with Crippen LogP contribution in [0.2, 0.25) is 5.02 Å². The van der Waals surface area contributed by atoms with Gasteiger partial charge in [0.15, 0.2) is 0 Å². The minimum absolute atomic E-state index is 0.138. The van der Waals surface area contributed by atoms with Crippen molar-refractivity contribution < 1.29 is 19.1 Å². The van der Waals surface area contributed by atoms with Gasteiger partial charge in [-0.2, -0.15) is 0 Å². The van der Waals surface area contributed by atoms with Crippen molar-refractivity contribution >= 4 is 29.3 Å². The molecular weight excluding hydrogens is 265 g/mol. The van der Waals surface area contributed by atoms with Crippen LogP contribution in [-0.2, 0) is 4.79 Å². The zero-order chi connectivity index (χ0) is 13.3. The molecule has 0 saturated carbocycles. The van der Waals surface area contributed by atoms with Gasteiger partial charge in [0, 0.05) is 5.69 Å². The van der Waals surface area contributed by atoms with E-state index in [1.54, 1.807) is 0 Å². The summed E-state index contributed by atoms with van der Waals surface area (Å²) in [6, 6.07) is 3.20. The number of anilines is 1. The van der Waals surface area contributed by atoms with Gasteiger partial charge in [-0.25, -0.2) is 14.6 Å². The number of carboxylic acid groups (broad SMARTS) is 1. The van der Waals surface area contributed by atoms with Crippen LogP contribution in [0.15, 0.2) is 18.2 Å². The van der Waals surface area contributed by atoms with E-state index in [0.29, 0.717) is 5.69 Å². The van der Waals surface area contributed by atoms with E-state index < -0.39 is 24.0 Å². The highest BCUT2D eigenvalue weighted by Gasteiger charge is 2.33. The van der Waals surface area contributed by atoms with E-state index in [0.717, 1.165) is 6.07 Å². The number of hydrogen-bond acceptors (Lipinski definition) is 3. The molecule has 18 heavy (non-hydrogen) atoms. The van der Waals surface area contributed by atoms with Crippen LogP contribution in [0.5, 0.6) is 0 Å². The Labute approximate surface area is 106 Å². The van der Waals surface area contributed by atoms with E-state index in [4.69, 9.17) is 16.7 Å². The van der Waals surface area contributed by atoms with E-state index in [1.807, 2.05) is 0 Å². The highest BCUT2D eigenvalue weighted by Crippen LogP contribution is 2.25. The van der Waals surface area contributed by atoms with Gasteiger partial charge in [-0.05, 0) is 18.2 Å². The number of carbonyl (C=O) groups is 2. The van der Waals surface area contributed by atoms with E-state index in [1.165, 1.54) is 17.0 Å². The van der Waals surface area contributed by atoms with Gasteiger partial charge in [-0.15, -0.1) is 0 Å². The van der Waals surface area contributed by atoms with Crippen LogP contribution in [-0.4, -0.2) is 23.3 Å². The van der Waals surface area contributed by atoms with Gasteiger partial charge < -0.3 is 5.11 Å². The third-order valence-corrected chi connectivity index (χ3v) is 2.72. The van der Waals surface area contributed by atoms with Crippen molar-refractivity contribution in [2.75, 3.05) is 4.90 Å². The number of hydrazine groups is 1. The maximum Gasteiger partial charge on any atom is 0.337 e. The zero-order valence-corrected chi connectivity index (χ0v) is 9.74. The molecule has 0 aliphatic carbocycles. The van der Waals surface area contributed by atoms with Crippen molar-refractivity contribution in [3.8, 4) is 0 Å². The average Bonchev–Trinajstić information content (AvgIpc) is 2.63. The number of nitrogens with one attached hydrogen (secondary N) is 2. The number of aliphatic carboxylic acids is 1. The van der Waals surface area contributed by atoms with Crippen molar-refractivity contribution in [3.63, 3.8) is 0 Å². The summed E-state index contributed by atoms with van der Waals surface area (Å²) in [4.78, 5) is 23.4. The quantitative estimate of drug-likeness (QED) is 0.776. The number of carbonyl (C=O) groups excluding carboxylic acids is 1. The van der Waals surface area contributed by atoms with Crippen molar-refractivity contribution in [1.29, 1.82) is 0 Å². The van der Waals surface area contributed by atoms with Gasteiger partial charge in [0.25, 0.3) is 0 Å². The van der Waals surface area contributed by atoms with E-state index in [-0.39, 0.29) is 11.4 Å². The lowest BCUT2D eigenvalue weighted by atomic mass is 10.2. The smallest absolute Gasteiger partial charge is 0.337 e. The van der Waals surface area contributed by atoms with Crippen LogP contribution in [0.25, 0.3) is 0 Å². The molecule has 3 N–H and O–H groups in total. The highest BCUT2D eigenvalue weighted by molar-refractivity contribution is 6.31. The van der Waals surface area contributed by atoms with Crippen LogP contribution in [0.4, 0.5) is 14.9 Å². The first-order valence-electron chi connectivity index (χ1n) is 5.00. The Bertz CT molecular complexity index is 511. The number of benzene rings is 1. The summed E-state index contributed by atoms with van der Waals surface area (Å²) in [6.07, 6.45) is -1.05. The molecule has 1 aliphatic rings. The third kappa shape index (κ3) is 2.36. The molecule has 0 radical (unpaired) electrons. The second-order valence-electron chi connectivity index (χ2n) is 3.66. The van der Waals surface area contributed by atoms with Gasteiger partial charge in [-0.1, -0.05) is 11.6 Å². The number of halogens is 2. The lowest BCUT2D eigenvalue weighted by molar-refractivity contribution is -0.137. The van der Waals surface area contributed by atoms with E-state index in [9.17, 15) is 14.0 Å². The predicted octanol–water partition coefficient (Wildman–Crippen LogP) is 1.31. The zero-order valence-electron chi connectivity index (χ0n) is 8.98. The third-order valence-electron chi connectivity index (χ3n) is 2.43. The Morgan fingerprint density at radius 1 is 1.56 bits per heavy atom. The van der Waals surface area contributed by atoms with Crippen molar-refractivity contribution in [1.82, 2.24) is 10.9 Å². The van der Waals surface area contributed by atoms with Crippen LogP contribution >= 0.6 is 11.6 Å². The monoisotopic (exact) mass is 273 g/mol. The molecule has 8 heteroatoms. The number of nitrogens with zero attached hydrogens (tertiary/aromatic N) is 1. The Morgan fingerprint density at radius 2 is 2.28 bits per heavy atom. The summed E-state index contributed by atoms with van der Waals surface area (Å²) in [7, 11) is 0. The Hall–Kier alpha value is -1.86. The molecule has 1 heterocycles. The molecule has 0 bridgehead atoms. The molecule has 2 rings (SSSR count). The Morgan fingerprint density at radius 3 is 2.89 bits per heavy atom. The van der Waals surface area contributed by atoms with Gasteiger partial charge in [0.2, 0.25) is 0 Å². The largest absolute Gasteiger partial charge is 0.481 e. The van der Waals surface area contributed by atoms with Gasteiger partial charge in [-0.3, -0.25) is 15.1 Å².